The standard InChI is InChI=1S/C101H95NO2/c1-13-15-17-19-29-52-101(53-30-20-18-16-14-2)78-39-26-21-34-67(78)70-48-43-63(55-83(70)101)62-42-47-68-69-49-44-64(56-80(69)97(5,6)79(68)54-62)76-59-84-87(89-74-36-23-27-40-85(74)103-95(76)89)72-50-45-65(57-81(72)98(84,7)8)102(94-60(3)32-31-33-61(94)4)66-46-51-73-82(58-66)100(11,12)93-91(73)96-90(75-37-24-28-41-86(75)104-96)88-71-35-22-25-38-77(71)99(9,10)92(88)93/h21-28,31-51,54-59H,13-20,29-30,52-53H2,1-12H3. The van der Waals surface area contributed by atoms with Gasteiger partial charge in [0.25, 0.3) is 0 Å². The van der Waals surface area contributed by atoms with E-state index in [0.717, 1.165) is 44.7 Å². The number of benzene rings is 12. The summed E-state index contributed by atoms with van der Waals surface area (Å²) >= 11 is 0. The van der Waals surface area contributed by atoms with Crippen LogP contribution >= 0.6 is 0 Å². The fraction of sp³-hybridized carbons (Fsp3) is 0.287. The lowest BCUT2D eigenvalue weighted by atomic mass is 9.70. The number of hydrogen-bond donors (Lipinski definition) is 0. The molecule has 0 saturated heterocycles. The van der Waals surface area contributed by atoms with Crippen LogP contribution in [0.3, 0.4) is 0 Å². The number of unbranched alkanes of at least 4 members (excludes halogenated alkanes) is 8. The van der Waals surface area contributed by atoms with Crippen molar-refractivity contribution in [2.24, 2.45) is 0 Å². The fourth-order valence-corrected chi connectivity index (χ4v) is 21.1. The van der Waals surface area contributed by atoms with Crippen molar-refractivity contribution in [3.8, 4) is 77.9 Å². The van der Waals surface area contributed by atoms with Crippen LogP contribution in [0.25, 0.3) is 122 Å². The van der Waals surface area contributed by atoms with Crippen molar-refractivity contribution in [1.82, 2.24) is 0 Å². The molecule has 2 heterocycles. The number of fused-ring (bicyclic) bond motifs is 25. The lowest BCUT2D eigenvalue weighted by Gasteiger charge is -2.33. The molecule has 0 atom stereocenters. The SMILES string of the molecule is CCCCCCCC1(CCCCCCC)c2ccccc2-c2ccc(-c3ccc4c(c3)C(C)(C)c3cc(-c5cc6c(c7c5oc5ccccc57)-c5ccc(N(c7ccc8c(c7)C(C)(C)c7c9c(c%10c(oc%11ccccc%11%10)c7-8)-c7ccccc7C9(C)C)c7c(C)cccc7C)cc5C6(C)C)ccc3-4)cc21. The average Bonchev–Trinajstić information content (AvgIpc) is 1.50. The van der Waals surface area contributed by atoms with Gasteiger partial charge in [0, 0.05) is 71.1 Å². The molecule has 0 radical (unpaired) electrons. The van der Waals surface area contributed by atoms with Crippen molar-refractivity contribution >= 4 is 60.9 Å². The molecule has 5 aliphatic rings. The van der Waals surface area contributed by atoms with E-state index in [-0.39, 0.29) is 27.1 Å². The zero-order valence-corrected chi connectivity index (χ0v) is 63.0. The molecule has 0 amide bonds. The quantitative estimate of drug-likeness (QED) is 0.0851. The van der Waals surface area contributed by atoms with Crippen LogP contribution in [-0.2, 0) is 27.1 Å². The van der Waals surface area contributed by atoms with Crippen molar-refractivity contribution in [2.45, 2.75) is 187 Å². The summed E-state index contributed by atoms with van der Waals surface area (Å²) < 4.78 is 14.4. The van der Waals surface area contributed by atoms with E-state index in [9.17, 15) is 0 Å². The third-order valence-corrected chi connectivity index (χ3v) is 26.3. The van der Waals surface area contributed by atoms with Crippen LogP contribution in [0.4, 0.5) is 17.1 Å². The maximum atomic E-state index is 7.24. The molecule has 0 bridgehead atoms. The summed E-state index contributed by atoms with van der Waals surface area (Å²) in [7, 11) is 0. The van der Waals surface area contributed by atoms with Crippen LogP contribution in [0.2, 0.25) is 0 Å². The van der Waals surface area contributed by atoms with E-state index in [2.05, 4.69) is 300 Å². The van der Waals surface area contributed by atoms with Gasteiger partial charge < -0.3 is 13.7 Å². The highest BCUT2D eigenvalue weighted by Gasteiger charge is 2.50. The average molecular weight is 1350 g/mol. The monoisotopic (exact) mass is 1350 g/mol. The molecule has 0 spiro atoms. The molecule has 2 aromatic heterocycles. The van der Waals surface area contributed by atoms with Crippen LogP contribution in [0.15, 0.2) is 221 Å². The number of rotatable bonds is 17. The number of hydrogen-bond acceptors (Lipinski definition) is 3. The molecule has 12 aromatic carbocycles. The molecular weight excluding hydrogens is 1260 g/mol. The van der Waals surface area contributed by atoms with Crippen molar-refractivity contribution < 1.29 is 8.83 Å². The molecule has 3 nitrogen and oxygen atoms in total. The number of anilines is 3. The number of aryl methyl sites for hydroxylation is 2. The smallest absolute Gasteiger partial charge is 0.144 e. The van der Waals surface area contributed by atoms with Gasteiger partial charge >= 0.3 is 0 Å². The summed E-state index contributed by atoms with van der Waals surface area (Å²) in [4.78, 5) is 2.57. The highest BCUT2D eigenvalue weighted by atomic mass is 16.3. The first-order valence-electron chi connectivity index (χ1n) is 39.2. The van der Waals surface area contributed by atoms with Gasteiger partial charge in [-0.15, -0.1) is 0 Å². The van der Waals surface area contributed by atoms with E-state index in [1.807, 2.05) is 0 Å². The van der Waals surface area contributed by atoms with Gasteiger partial charge in [-0.1, -0.05) is 285 Å². The van der Waals surface area contributed by atoms with Gasteiger partial charge in [-0.25, -0.2) is 0 Å². The Kier molecular flexibility index (Phi) is 14.7. The topological polar surface area (TPSA) is 29.5 Å². The van der Waals surface area contributed by atoms with E-state index in [1.165, 1.54) is 227 Å². The number of nitrogens with zero attached hydrogens (tertiary/aromatic N) is 1. The number of furan rings is 2. The Morgan fingerprint density at radius 1 is 0.308 bits per heavy atom. The highest BCUT2D eigenvalue weighted by molar-refractivity contribution is 6.22. The second-order valence-corrected chi connectivity index (χ2v) is 33.8. The molecule has 104 heavy (non-hydrogen) atoms. The van der Waals surface area contributed by atoms with E-state index >= 15 is 0 Å². The van der Waals surface area contributed by atoms with Crippen molar-refractivity contribution in [1.29, 1.82) is 0 Å². The third kappa shape index (κ3) is 9.13. The van der Waals surface area contributed by atoms with E-state index in [1.54, 1.807) is 11.1 Å². The van der Waals surface area contributed by atoms with Crippen LogP contribution in [0.1, 0.15) is 213 Å². The highest BCUT2D eigenvalue weighted by Crippen LogP contribution is 2.65. The second-order valence-electron chi connectivity index (χ2n) is 33.8. The Balaban J connectivity index is 0.704. The maximum absolute atomic E-state index is 7.24. The summed E-state index contributed by atoms with van der Waals surface area (Å²) in [5.74, 6) is 0. The Hall–Kier alpha value is -9.96. The molecule has 0 fully saturated rings. The summed E-state index contributed by atoms with van der Waals surface area (Å²) in [6, 6.07) is 82.2. The van der Waals surface area contributed by atoms with Crippen LogP contribution in [-0.4, -0.2) is 0 Å². The molecule has 0 aliphatic heterocycles. The zero-order valence-electron chi connectivity index (χ0n) is 63.0. The van der Waals surface area contributed by atoms with Gasteiger partial charge in [-0.2, -0.15) is 0 Å². The predicted molar refractivity (Wildman–Crippen MR) is 439 cm³/mol. The van der Waals surface area contributed by atoms with Crippen LogP contribution in [0.5, 0.6) is 0 Å². The van der Waals surface area contributed by atoms with Crippen molar-refractivity contribution in [3.05, 3.63) is 279 Å². The molecular formula is C101H95NO2. The first-order chi connectivity index (χ1) is 50.4. The Morgan fingerprint density at radius 3 is 1.37 bits per heavy atom. The van der Waals surface area contributed by atoms with E-state index < -0.39 is 0 Å². The normalized spacial score (nSPS) is 15.8. The Morgan fingerprint density at radius 2 is 0.740 bits per heavy atom. The molecule has 0 unspecified atom stereocenters. The molecule has 516 valence electrons. The minimum atomic E-state index is -0.384. The van der Waals surface area contributed by atoms with Gasteiger partial charge in [0.15, 0.2) is 0 Å². The Bertz CT molecular complexity index is 5910. The third-order valence-electron chi connectivity index (χ3n) is 26.3. The summed E-state index contributed by atoms with van der Waals surface area (Å²) in [6.45, 7) is 28.9. The van der Waals surface area contributed by atoms with Gasteiger partial charge in [0.1, 0.15) is 22.3 Å². The van der Waals surface area contributed by atoms with Crippen molar-refractivity contribution in [3.63, 3.8) is 0 Å². The van der Waals surface area contributed by atoms with E-state index in [4.69, 9.17) is 8.83 Å². The number of para-hydroxylation sites is 3. The second kappa shape index (κ2) is 23.5. The zero-order chi connectivity index (χ0) is 71.1. The Labute approximate surface area is 615 Å². The molecule has 14 aromatic rings. The summed E-state index contributed by atoms with van der Waals surface area (Å²) in [6.07, 6.45) is 15.4. The van der Waals surface area contributed by atoms with Crippen LogP contribution in [0, 0.1) is 13.8 Å². The molecule has 0 N–H and O–H groups in total. The van der Waals surface area contributed by atoms with E-state index in [0.29, 0.717) is 0 Å². The first kappa shape index (κ1) is 64.8. The van der Waals surface area contributed by atoms with Gasteiger partial charge in [0.2, 0.25) is 0 Å². The predicted octanol–water partition coefficient (Wildman–Crippen LogP) is 29.1. The minimum Gasteiger partial charge on any atom is -0.455 e. The fourth-order valence-electron chi connectivity index (χ4n) is 21.1. The minimum absolute atomic E-state index is 0.0323. The van der Waals surface area contributed by atoms with Crippen molar-refractivity contribution in [2.75, 3.05) is 4.90 Å². The first-order valence-corrected chi connectivity index (χ1v) is 39.2. The summed E-state index contributed by atoms with van der Waals surface area (Å²) in [5.41, 5.74) is 40.7. The molecule has 3 heteroatoms. The lowest BCUT2D eigenvalue weighted by molar-refractivity contribution is 0.399. The van der Waals surface area contributed by atoms with Gasteiger partial charge in [-0.3, -0.25) is 0 Å². The largest absolute Gasteiger partial charge is 0.455 e. The molecule has 0 saturated carbocycles. The summed E-state index contributed by atoms with van der Waals surface area (Å²) in [5, 5.41) is 4.75. The lowest BCUT2D eigenvalue weighted by Crippen LogP contribution is -2.25. The van der Waals surface area contributed by atoms with Gasteiger partial charge in [-0.05, 0) is 221 Å². The van der Waals surface area contributed by atoms with Crippen LogP contribution < -0.4 is 4.90 Å². The van der Waals surface area contributed by atoms with Gasteiger partial charge in [0.05, 0.1) is 5.69 Å². The molecule has 5 aliphatic carbocycles. The maximum Gasteiger partial charge on any atom is 0.144 e. The molecule has 19 rings (SSSR count).